The Bertz CT molecular complexity index is 219. The molecule has 18 heavy (non-hydrogen) atoms. The lowest BCUT2D eigenvalue weighted by molar-refractivity contribution is -0.0420. The third-order valence-electron chi connectivity index (χ3n) is 4.23. The highest BCUT2D eigenvalue weighted by atomic mass is 16.5. The van der Waals surface area contributed by atoms with Gasteiger partial charge in [-0.25, -0.2) is 0 Å². The molecule has 2 heterocycles. The number of hydrogen-bond acceptors (Lipinski definition) is 3. The van der Waals surface area contributed by atoms with E-state index in [2.05, 4.69) is 24.1 Å². The van der Waals surface area contributed by atoms with E-state index in [0.717, 1.165) is 0 Å². The lowest BCUT2D eigenvalue weighted by Crippen LogP contribution is -2.42. The van der Waals surface area contributed by atoms with E-state index in [1.54, 1.807) is 0 Å². The van der Waals surface area contributed by atoms with Crippen LogP contribution in [0.2, 0.25) is 0 Å². The molecular formula is C15H30N2O. The van der Waals surface area contributed by atoms with Crippen molar-refractivity contribution in [3.63, 3.8) is 0 Å². The zero-order chi connectivity index (χ0) is 12.8. The molecule has 3 heteroatoms. The first-order chi connectivity index (χ1) is 8.74. The summed E-state index contributed by atoms with van der Waals surface area (Å²) >= 11 is 0. The Balaban J connectivity index is 1.54. The summed E-state index contributed by atoms with van der Waals surface area (Å²) in [6.45, 7) is 9.48. The predicted molar refractivity (Wildman–Crippen MR) is 75.9 cm³/mol. The van der Waals surface area contributed by atoms with Gasteiger partial charge < -0.3 is 15.0 Å². The number of ether oxygens (including phenoxy) is 1. The summed E-state index contributed by atoms with van der Waals surface area (Å²) in [5.74, 6) is 0. The summed E-state index contributed by atoms with van der Waals surface area (Å²) in [6, 6.07) is 0.671. The molecule has 2 atom stereocenters. The molecule has 2 fully saturated rings. The van der Waals surface area contributed by atoms with Gasteiger partial charge >= 0.3 is 0 Å². The van der Waals surface area contributed by atoms with Crippen LogP contribution in [0.15, 0.2) is 0 Å². The van der Waals surface area contributed by atoms with Gasteiger partial charge in [0.2, 0.25) is 0 Å². The standard InChI is InChI=1S/C15H30N2O/c1-13-11-15(12-14(2)18-13)16-7-6-10-17-8-4-3-5-9-17/h13-16H,3-12H2,1-2H3. The van der Waals surface area contributed by atoms with Crippen molar-refractivity contribution in [3.8, 4) is 0 Å². The van der Waals surface area contributed by atoms with Crippen molar-refractivity contribution < 1.29 is 4.74 Å². The number of rotatable bonds is 5. The third-order valence-corrected chi connectivity index (χ3v) is 4.23. The quantitative estimate of drug-likeness (QED) is 0.763. The van der Waals surface area contributed by atoms with Gasteiger partial charge in [-0.05, 0) is 72.1 Å². The lowest BCUT2D eigenvalue weighted by atomic mass is 10.00. The molecule has 0 aromatic rings. The van der Waals surface area contributed by atoms with Crippen molar-refractivity contribution in [2.45, 2.75) is 70.6 Å². The fourth-order valence-corrected chi connectivity index (χ4v) is 3.36. The minimum absolute atomic E-state index is 0.424. The minimum Gasteiger partial charge on any atom is -0.375 e. The van der Waals surface area contributed by atoms with Crippen LogP contribution in [-0.2, 0) is 4.74 Å². The third kappa shape index (κ3) is 4.87. The van der Waals surface area contributed by atoms with E-state index in [9.17, 15) is 0 Å². The van der Waals surface area contributed by atoms with Crippen molar-refractivity contribution in [1.82, 2.24) is 10.2 Å². The van der Waals surface area contributed by atoms with Gasteiger partial charge in [0.25, 0.3) is 0 Å². The van der Waals surface area contributed by atoms with Crippen LogP contribution >= 0.6 is 0 Å². The molecule has 0 aromatic heterocycles. The summed E-state index contributed by atoms with van der Waals surface area (Å²) in [5, 5.41) is 3.72. The van der Waals surface area contributed by atoms with Crippen molar-refractivity contribution in [2.75, 3.05) is 26.2 Å². The zero-order valence-electron chi connectivity index (χ0n) is 12.2. The highest BCUT2D eigenvalue weighted by Gasteiger charge is 2.23. The van der Waals surface area contributed by atoms with E-state index < -0.39 is 0 Å². The van der Waals surface area contributed by atoms with Crippen LogP contribution in [0.1, 0.15) is 52.4 Å². The molecule has 0 aliphatic carbocycles. The molecule has 0 radical (unpaired) electrons. The van der Waals surface area contributed by atoms with Gasteiger partial charge in [-0.1, -0.05) is 6.42 Å². The maximum atomic E-state index is 5.77. The summed E-state index contributed by atoms with van der Waals surface area (Å²) in [7, 11) is 0. The monoisotopic (exact) mass is 254 g/mol. The topological polar surface area (TPSA) is 24.5 Å². The van der Waals surface area contributed by atoms with Gasteiger partial charge in [0.15, 0.2) is 0 Å². The summed E-state index contributed by atoms with van der Waals surface area (Å²) < 4.78 is 5.77. The summed E-state index contributed by atoms with van der Waals surface area (Å²) in [4.78, 5) is 2.63. The Labute approximate surface area is 112 Å². The average molecular weight is 254 g/mol. The van der Waals surface area contributed by atoms with Crippen molar-refractivity contribution >= 4 is 0 Å². The minimum atomic E-state index is 0.424. The molecule has 106 valence electrons. The largest absolute Gasteiger partial charge is 0.375 e. The molecule has 0 spiro atoms. The van der Waals surface area contributed by atoms with Crippen LogP contribution in [0, 0.1) is 0 Å². The van der Waals surface area contributed by atoms with Crippen LogP contribution < -0.4 is 5.32 Å². The van der Waals surface area contributed by atoms with Gasteiger partial charge in [0, 0.05) is 6.04 Å². The van der Waals surface area contributed by atoms with E-state index in [1.807, 2.05) is 0 Å². The first kappa shape index (κ1) is 14.3. The first-order valence-corrected chi connectivity index (χ1v) is 7.85. The fourth-order valence-electron chi connectivity index (χ4n) is 3.36. The first-order valence-electron chi connectivity index (χ1n) is 7.85. The van der Waals surface area contributed by atoms with E-state index in [-0.39, 0.29) is 0 Å². The number of hydrogen-bond donors (Lipinski definition) is 1. The lowest BCUT2D eigenvalue weighted by Gasteiger charge is -2.33. The number of nitrogens with one attached hydrogen (secondary N) is 1. The van der Waals surface area contributed by atoms with Gasteiger partial charge in [0.1, 0.15) is 0 Å². The van der Waals surface area contributed by atoms with Crippen LogP contribution in [-0.4, -0.2) is 49.3 Å². The van der Waals surface area contributed by atoms with Gasteiger partial charge in [-0.2, -0.15) is 0 Å². The molecule has 0 bridgehead atoms. The molecule has 3 nitrogen and oxygen atoms in total. The SMILES string of the molecule is CC1CC(NCCCN2CCCCC2)CC(C)O1. The highest BCUT2D eigenvalue weighted by molar-refractivity contribution is 4.78. The molecule has 2 aliphatic rings. The zero-order valence-corrected chi connectivity index (χ0v) is 12.2. The maximum Gasteiger partial charge on any atom is 0.0565 e. The normalized spacial score (nSPS) is 34.7. The highest BCUT2D eigenvalue weighted by Crippen LogP contribution is 2.18. The molecule has 0 aromatic carbocycles. The van der Waals surface area contributed by atoms with Gasteiger partial charge in [0.05, 0.1) is 12.2 Å². The van der Waals surface area contributed by atoms with Crippen LogP contribution in [0.4, 0.5) is 0 Å². The van der Waals surface area contributed by atoms with Gasteiger partial charge in [-0.3, -0.25) is 0 Å². The number of piperidine rings is 1. The molecule has 1 N–H and O–H groups in total. The second-order valence-electron chi connectivity index (χ2n) is 6.14. The van der Waals surface area contributed by atoms with Crippen LogP contribution in [0.25, 0.3) is 0 Å². The van der Waals surface area contributed by atoms with Crippen LogP contribution in [0.3, 0.4) is 0 Å². The Morgan fingerprint density at radius 3 is 2.39 bits per heavy atom. The Kier molecular flexibility index (Phi) is 5.93. The molecule has 2 aliphatic heterocycles. The average Bonchev–Trinajstić information content (AvgIpc) is 2.35. The molecule has 2 unspecified atom stereocenters. The summed E-state index contributed by atoms with van der Waals surface area (Å²) in [6.07, 6.45) is 8.74. The van der Waals surface area contributed by atoms with Crippen LogP contribution in [0.5, 0.6) is 0 Å². The van der Waals surface area contributed by atoms with E-state index >= 15 is 0 Å². The Morgan fingerprint density at radius 1 is 1.06 bits per heavy atom. The van der Waals surface area contributed by atoms with E-state index in [0.29, 0.717) is 18.2 Å². The summed E-state index contributed by atoms with van der Waals surface area (Å²) in [5.41, 5.74) is 0. The van der Waals surface area contributed by atoms with E-state index in [4.69, 9.17) is 4.74 Å². The smallest absolute Gasteiger partial charge is 0.0565 e. The number of likely N-dealkylation sites (tertiary alicyclic amines) is 1. The van der Waals surface area contributed by atoms with Crippen molar-refractivity contribution in [3.05, 3.63) is 0 Å². The van der Waals surface area contributed by atoms with Crippen molar-refractivity contribution in [2.24, 2.45) is 0 Å². The molecular weight excluding hydrogens is 224 g/mol. The second kappa shape index (κ2) is 7.46. The van der Waals surface area contributed by atoms with Gasteiger partial charge in [-0.15, -0.1) is 0 Å². The molecule has 2 saturated heterocycles. The number of nitrogens with zero attached hydrogens (tertiary/aromatic N) is 1. The molecule has 0 saturated carbocycles. The molecule has 0 amide bonds. The Hall–Kier alpha value is -0.120. The van der Waals surface area contributed by atoms with E-state index in [1.165, 1.54) is 64.7 Å². The fraction of sp³-hybridized carbons (Fsp3) is 1.00. The second-order valence-corrected chi connectivity index (χ2v) is 6.14. The van der Waals surface area contributed by atoms with Crippen molar-refractivity contribution in [1.29, 1.82) is 0 Å². The maximum absolute atomic E-state index is 5.77. The molecule has 2 rings (SSSR count). The Morgan fingerprint density at radius 2 is 1.72 bits per heavy atom. The predicted octanol–water partition coefficient (Wildman–Crippen LogP) is 2.41.